The second kappa shape index (κ2) is 7.15. The van der Waals surface area contributed by atoms with Gasteiger partial charge in [0.2, 0.25) is 5.89 Å². The first-order chi connectivity index (χ1) is 8.49. The fraction of sp³-hybridized carbons (Fsp3) is 0.727. The van der Waals surface area contributed by atoms with E-state index in [-0.39, 0.29) is 37.0 Å². The molecule has 0 aliphatic rings. The van der Waals surface area contributed by atoms with Crippen LogP contribution >= 0.6 is 0 Å². The molecule has 1 aromatic heterocycles. The number of carbonyl (C=O) groups excluding carboxylic acids is 1. The lowest BCUT2D eigenvalue weighted by molar-refractivity contribution is -0.121. The number of rotatable bonds is 8. The van der Waals surface area contributed by atoms with Crippen molar-refractivity contribution >= 4 is 5.78 Å². The molecule has 0 bridgehead atoms. The average Bonchev–Trinajstić information content (AvgIpc) is 2.72. The molecule has 0 amide bonds. The fourth-order valence-corrected chi connectivity index (χ4v) is 1.15. The van der Waals surface area contributed by atoms with Crippen molar-refractivity contribution in [2.45, 2.75) is 33.1 Å². The summed E-state index contributed by atoms with van der Waals surface area (Å²) in [5.74, 6) is 0.530. The molecular weight excluding hydrogens is 246 g/mol. The molecular formula is C11H16F2N2O3. The molecule has 0 radical (unpaired) electrons. The number of ketones is 1. The van der Waals surface area contributed by atoms with Crippen molar-refractivity contribution < 1.29 is 22.8 Å². The lowest BCUT2D eigenvalue weighted by Crippen LogP contribution is -2.10. The Morgan fingerprint density at radius 1 is 1.44 bits per heavy atom. The van der Waals surface area contributed by atoms with Crippen molar-refractivity contribution in [3.8, 4) is 0 Å². The average molecular weight is 262 g/mol. The maximum absolute atomic E-state index is 11.8. The van der Waals surface area contributed by atoms with E-state index in [4.69, 9.17) is 4.52 Å². The number of carbonyl (C=O) groups is 1. The van der Waals surface area contributed by atoms with Crippen LogP contribution in [-0.4, -0.2) is 35.6 Å². The van der Waals surface area contributed by atoms with Gasteiger partial charge < -0.3 is 9.26 Å². The smallest absolute Gasteiger partial charge is 0.261 e. The lowest BCUT2D eigenvalue weighted by atomic mass is 10.1. The minimum atomic E-state index is -2.48. The van der Waals surface area contributed by atoms with Gasteiger partial charge in [-0.15, -0.1) is 0 Å². The van der Waals surface area contributed by atoms with Crippen molar-refractivity contribution in [3.63, 3.8) is 0 Å². The Balaban J connectivity index is 2.32. The number of halogens is 2. The molecule has 0 fully saturated rings. The maximum atomic E-state index is 11.8. The minimum Gasteiger partial charge on any atom is -0.375 e. The normalized spacial score (nSPS) is 11.4. The number of aromatic nitrogens is 2. The van der Waals surface area contributed by atoms with E-state index in [0.717, 1.165) is 0 Å². The molecule has 0 aliphatic carbocycles. The van der Waals surface area contributed by atoms with Crippen LogP contribution in [0.2, 0.25) is 0 Å². The zero-order valence-corrected chi connectivity index (χ0v) is 10.4. The second-order valence-electron chi connectivity index (χ2n) is 4.12. The van der Waals surface area contributed by atoms with Crippen LogP contribution in [0.5, 0.6) is 0 Å². The Hall–Kier alpha value is -1.37. The number of nitrogens with zero attached hydrogens (tertiary/aromatic N) is 2. The van der Waals surface area contributed by atoms with Crippen LogP contribution in [0.1, 0.15) is 25.6 Å². The van der Waals surface area contributed by atoms with E-state index in [2.05, 4.69) is 14.9 Å². The lowest BCUT2D eigenvalue weighted by Gasteiger charge is -2.00. The molecule has 18 heavy (non-hydrogen) atoms. The predicted molar refractivity (Wildman–Crippen MR) is 58.4 cm³/mol. The summed E-state index contributed by atoms with van der Waals surface area (Å²) in [6.45, 7) is 3.08. The zero-order chi connectivity index (χ0) is 13.5. The highest BCUT2D eigenvalue weighted by Crippen LogP contribution is 2.05. The summed E-state index contributed by atoms with van der Waals surface area (Å²) < 4.78 is 33.1. The summed E-state index contributed by atoms with van der Waals surface area (Å²) in [5, 5.41) is 3.64. The molecule has 1 heterocycles. The fourth-order valence-electron chi connectivity index (χ4n) is 1.15. The van der Waals surface area contributed by atoms with Crippen molar-refractivity contribution in [2.24, 2.45) is 5.92 Å². The third-order valence-electron chi connectivity index (χ3n) is 2.19. The third-order valence-corrected chi connectivity index (χ3v) is 2.19. The zero-order valence-electron chi connectivity index (χ0n) is 10.4. The monoisotopic (exact) mass is 262 g/mol. The van der Waals surface area contributed by atoms with E-state index in [1.54, 1.807) is 13.8 Å². The molecule has 1 rings (SSSR count). The van der Waals surface area contributed by atoms with Gasteiger partial charge in [0.05, 0.1) is 13.0 Å². The van der Waals surface area contributed by atoms with E-state index >= 15 is 0 Å². The molecule has 102 valence electrons. The molecule has 0 saturated carbocycles. The van der Waals surface area contributed by atoms with Gasteiger partial charge in [0.1, 0.15) is 12.4 Å². The van der Waals surface area contributed by atoms with E-state index in [0.29, 0.717) is 5.82 Å². The summed E-state index contributed by atoms with van der Waals surface area (Å²) in [4.78, 5) is 15.4. The van der Waals surface area contributed by atoms with Gasteiger partial charge in [-0.1, -0.05) is 19.0 Å². The SMILES string of the molecule is CC(C)C(=O)Cc1nc(CCOCC(F)F)no1. The van der Waals surface area contributed by atoms with Crippen LogP contribution in [0.3, 0.4) is 0 Å². The van der Waals surface area contributed by atoms with Gasteiger partial charge in [-0.25, -0.2) is 8.78 Å². The van der Waals surface area contributed by atoms with E-state index in [9.17, 15) is 13.6 Å². The Morgan fingerprint density at radius 3 is 2.78 bits per heavy atom. The first-order valence-corrected chi connectivity index (χ1v) is 5.69. The Morgan fingerprint density at radius 2 is 2.17 bits per heavy atom. The first kappa shape index (κ1) is 14.7. The summed E-state index contributed by atoms with van der Waals surface area (Å²) in [7, 11) is 0. The molecule has 0 unspecified atom stereocenters. The predicted octanol–water partition coefficient (Wildman–Crippen LogP) is 1.66. The van der Waals surface area contributed by atoms with Gasteiger partial charge in [0.25, 0.3) is 6.43 Å². The number of hydrogen-bond donors (Lipinski definition) is 0. The van der Waals surface area contributed by atoms with E-state index in [1.807, 2.05) is 0 Å². The highest BCUT2D eigenvalue weighted by Gasteiger charge is 2.14. The summed E-state index contributed by atoms with van der Waals surface area (Å²) >= 11 is 0. The first-order valence-electron chi connectivity index (χ1n) is 5.69. The minimum absolute atomic E-state index is 0.0131. The van der Waals surface area contributed by atoms with Gasteiger partial charge in [0, 0.05) is 12.3 Å². The standard InChI is InChI=1S/C11H16F2N2O3/c1-7(2)8(16)5-11-14-10(15-18-11)3-4-17-6-9(12)13/h7,9H,3-6H2,1-2H3. The van der Waals surface area contributed by atoms with E-state index < -0.39 is 13.0 Å². The molecule has 0 spiro atoms. The molecule has 7 heteroatoms. The van der Waals surface area contributed by atoms with Gasteiger partial charge in [-0.3, -0.25) is 4.79 Å². The summed E-state index contributed by atoms with van der Waals surface area (Å²) in [6.07, 6.45) is -2.09. The number of hydrogen-bond acceptors (Lipinski definition) is 5. The van der Waals surface area contributed by atoms with Crippen LogP contribution in [0.4, 0.5) is 8.78 Å². The maximum Gasteiger partial charge on any atom is 0.261 e. The third kappa shape index (κ3) is 5.31. The molecule has 5 nitrogen and oxygen atoms in total. The van der Waals surface area contributed by atoms with Gasteiger partial charge in [-0.2, -0.15) is 4.98 Å². The van der Waals surface area contributed by atoms with Crippen LogP contribution in [0.15, 0.2) is 4.52 Å². The largest absolute Gasteiger partial charge is 0.375 e. The molecule has 0 saturated heterocycles. The van der Waals surface area contributed by atoms with Gasteiger partial charge in [0.15, 0.2) is 5.82 Å². The Kier molecular flexibility index (Phi) is 5.84. The molecule has 0 N–H and O–H groups in total. The van der Waals surface area contributed by atoms with Gasteiger partial charge >= 0.3 is 0 Å². The Labute approximate surface area is 104 Å². The van der Waals surface area contributed by atoms with Crippen molar-refractivity contribution in [1.29, 1.82) is 0 Å². The topological polar surface area (TPSA) is 65.2 Å². The molecule has 0 atom stereocenters. The second-order valence-corrected chi connectivity index (χ2v) is 4.12. The van der Waals surface area contributed by atoms with Crippen LogP contribution in [0.25, 0.3) is 0 Å². The summed E-state index contributed by atoms with van der Waals surface area (Å²) in [6, 6.07) is 0. The molecule has 0 aromatic carbocycles. The molecule has 0 aliphatic heterocycles. The van der Waals surface area contributed by atoms with Crippen LogP contribution in [-0.2, 0) is 22.4 Å². The van der Waals surface area contributed by atoms with Crippen LogP contribution < -0.4 is 0 Å². The number of Topliss-reactive ketones (excluding diaryl/α,β-unsaturated/α-hetero) is 1. The quantitative estimate of drug-likeness (QED) is 0.667. The highest BCUT2D eigenvalue weighted by atomic mass is 19.3. The van der Waals surface area contributed by atoms with Crippen molar-refractivity contribution in [1.82, 2.24) is 10.1 Å². The number of alkyl halides is 2. The van der Waals surface area contributed by atoms with Crippen molar-refractivity contribution in [3.05, 3.63) is 11.7 Å². The van der Waals surface area contributed by atoms with Crippen molar-refractivity contribution in [2.75, 3.05) is 13.2 Å². The number of ether oxygens (including phenoxy) is 1. The Bertz CT molecular complexity index is 380. The van der Waals surface area contributed by atoms with Gasteiger partial charge in [-0.05, 0) is 0 Å². The summed E-state index contributed by atoms with van der Waals surface area (Å²) in [5.41, 5.74) is 0. The highest BCUT2D eigenvalue weighted by molar-refractivity contribution is 5.81. The molecule has 1 aromatic rings. The van der Waals surface area contributed by atoms with E-state index in [1.165, 1.54) is 0 Å². The van der Waals surface area contributed by atoms with Crippen LogP contribution in [0, 0.1) is 5.92 Å².